The van der Waals surface area contributed by atoms with Gasteiger partial charge in [-0.05, 0) is 25.8 Å². The maximum Gasteiger partial charge on any atom is 0.222 e. The van der Waals surface area contributed by atoms with Crippen LogP contribution in [0.4, 0.5) is 0 Å². The number of ketones is 1. The molecular weight excluding hydrogens is 314 g/mol. The maximum atomic E-state index is 13.0. The van der Waals surface area contributed by atoms with E-state index in [1.54, 1.807) is 0 Å². The lowest BCUT2D eigenvalue weighted by atomic mass is 10.0. The summed E-state index contributed by atoms with van der Waals surface area (Å²) in [5.74, 6) is 0.380. The number of carbonyl (C=O) groups excluding carboxylic acids is 2. The Morgan fingerprint density at radius 3 is 2.76 bits per heavy atom. The number of H-pyrrole nitrogens is 1. The first-order valence-electron chi connectivity index (χ1n) is 9.24. The van der Waals surface area contributed by atoms with Gasteiger partial charge >= 0.3 is 0 Å². The first-order valence-corrected chi connectivity index (χ1v) is 9.24. The standard InChI is InChI=1S/C20H27N3O2/c1-3-7-19(24)23-11-6-10-22(12-13-23)15(2)20(25)17-14-21-18-9-5-4-8-16(17)18/h4-5,8-9,14-15,21H,3,6-7,10-13H2,1-2H3/t15-/m1/s1. The number of rotatable bonds is 5. The normalized spacial score (nSPS) is 17.4. The zero-order valence-electron chi connectivity index (χ0n) is 15.1. The number of nitrogens with zero attached hydrogens (tertiary/aromatic N) is 2. The molecular formula is C20H27N3O2. The lowest BCUT2D eigenvalue weighted by molar-refractivity contribution is -0.131. The second kappa shape index (κ2) is 7.83. The van der Waals surface area contributed by atoms with Gasteiger partial charge in [-0.15, -0.1) is 0 Å². The van der Waals surface area contributed by atoms with Gasteiger partial charge < -0.3 is 9.88 Å². The lowest BCUT2D eigenvalue weighted by Crippen LogP contribution is -2.42. The molecule has 1 aliphatic rings. The molecule has 2 aromatic rings. The Balaban J connectivity index is 1.69. The Kier molecular flexibility index (Phi) is 5.53. The summed E-state index contributed by atoms with van der Waals surface area (Å²) in [4.78, 5) is 32.5. The molecule has 5 heteroatoms. The highest BCUT2D eigenvalue weighted by Gasteiger charge is 2.27. The molecule has 134 valence electrons. The molecule has 1 N–H and O–H groups in total. The van der Waals surface area contributed by atoms with Gasteiger partial charge in [-0.3, -0.25) is 14.5 Å². The largest absolute Gasteiger partial charge is 0.360 e. The second-order valence-electron chi connectivity index (χ2n) is 6.81. The van der Waals surface area contributed by atoms with Crippen LogP contribution in [0, 0.1) is 0 Å². The zero-order valence-corrected chi connectivity index (χ0v) is 15.1. The van der Waals surface area contributed by atoms with Gasteiger partial charge in [0.15, 0.2) is 5.78 Å². The van der Waals surface area contributed by atoms with E-state index in [4.69, 9.17) is 0 Å². The van der Waals surface area contributed by atoms with E-state index < -0.39 is 0 Å². The van der Waals surface area contributed by atoms with Crippen molar-refractivity contribution >= 4 is 22.6 Å². The van der Waals surface area contributed by atoms with Crippen molar-refractivity contribution in [2.75, 3.05) is 26.2 Å². The molecule has 1 aromatic heterocycles. The van der Waals surface area contributed by atoms with E-state index >= 15 is 0 Å². The molecule has 0 saturated carbocycles. The van der Waals surface area contributed by atoms with Crippen molar-refractivity contribution in [3.63, 3.8) is 0 Å². The third-order valence-electron chi connectivity index (χ3n) is 5.13. The van der Waals surface area contributed by atoms with Crippen molar-refractivity contribution < 1.29 is 9.59 Å². The molecule has 5 nitrogen and oxygen atoms in total. The Hall–Kier alpha value is -2.14. The molecule has 0 unspecified atom stereocenters. The molecule has 0 spiro atoms. The Bertz CT molecular complexity index is 752. The van der Waals surface area contributed by atoms with E-state index in [2.05, 4.69) is 9.88 Å². The summed E-state index contributed by atoms with van der Waals surface area (Å²) < 4.78 is 0. The fourth-order valence-corrected chi connectivity index (χ4v) is 3.61. The van der Waals surface area contributed by atoms with Gasteiger partial charge in [-0.1, -0.05) is 25.1 Å². The first-order chi connectivity index (χ1) is 12.1. The third kappa shape index (κ3) is 3.76. The number of carbonyl (C=O) groups is 2. The van der Waals surface area contributed by atoms with Crippen LogP contribution in [-0.4, -0.2) is 58.7 Å². The fraction of sp³-hybridized carbons (Fsp3) is 0.500. The molecule has 1 saturated heterocycles. The van der Waals surface area contributed by atoms with E-state index in [-0.39, 0.29) is 17.7 Å². The van der Waals surface area contributed by atoms with E-state index in [1.165, 1.54) is 0 Å². The minimum atomic E-state index is -0.180. The number of aromatic nitrogens is 1. The lowest BCUT2D eigenvalue weighted by Gasteiger charge is -2.26. The van der Waals surface area contributed by atoms with Crippen LogP contribution in [0.3, 0.4) is 0 Å². The molecule has 1 amide bonds. The van der Waals surface area contributed by atoms with Crippen LogP contribution in [0.15, 0.2) is 30.5 Å². The molecule has 0 bridgehead atoms. The van der Waals surface area contributed by atoms with Gasteiger partial charge in [0.1, 0.15) is 0 Å². The van der Waals surface area contributed by atoms with E-state index in [1.807, 2.05) is 49.2 Å². The minimum Gasteiger partial charge on any atom is -0.360 e. The van der Waals surface area contributed by atoms with Crippen LogP contribution in [-0.2, 0) is 4.79 Å². The summed E-state index contributed by atoms with van der Waals surface area (Å²) in [5.41, 5.74) is 1.75. The summed E-state index contributed by atoms with van der Waals surface area (Å²) in [6.07, 6.45) is 4.23. The number of para-hydroxylation sites is 1. The first kappa shape index (κ1) is 17.7. The zero-order chi connectivity index (χ0) is 17.8. The Labute approximate surface area is 149 Å². The number of aromatic amines is 1. The number of hydrogen-bond donors (Lipinski definition) is 1. The highest BCUT2D eigenvalue weighted by molar-refractivity contribution is 6.10. The van der Waals surface area contributed by atoms with Crippen molar-refractivity contribution in [2.24, 2.45) is 0 Å². The van der Waals surface area contributed by atoms with Crippen LogP contribution in [0.2, 0.25) is 0 Å². The Morgan fingerprint density at radius 2 is 1.96 bits per heavy atom. The topological polar surface area (TPSA) is 56.4 Å². The smallest absolute Gasteiger partial charge is 0.222 e. The van der Waals surface area contributed by atoms with Gasteiger partial charge in [0.05, 0.1) is 6.04 Å². The molecule has 1 aliphatic heterocycles. The van der Waals surface area contributed by atoms with E-state index in [0.29, 0.717) is 13.0 Å². The van der Waals surface area contributed by atoms with Gasteiger partial charge in [-0.25, -0.2) is 0 Å². The van der Waals surface area contributed by atoms with Gasteiger partial charge in [0.25, 0.3) is 0 Å². The number of benzene rings is 1. The summed E-state index contributed by atoms with van der Waals surface area (Å²) >= 11 is 0. The van der Waals surface area contributed by atoms with Crippen LogP contribution in [0.5, 0.6) is 0 Å². The average Bonchev–Trinajstić information content (AvgIpc) is 2.89. The van der Waals surface area contributed by atoms with Gasteiger partial charge in [0, 0.05) is 55.3 Å². The van der Waals surface area contributed by atoms with E-state index in [9.17, 15) is 9.59 Å². The molecule has 25 heavy (non-hydrogen) atoms. The minimum absolute atomic E-state index is 0.144. The maximum absolute atomic E-state index is 13.0. The van der Waals surface area contributed by atoms with Crippen molar-refractivity contribution in [1.82, 2.24) is 14.8 Å². The average molecular weight is 341 g/mol. The second-order valence-corrected chi connectivity index (χ2v) is 6.81. The highest BCUT2D eigenvalue weighted by atomic mass is 16.2. The number of Topliss-reactive ketones (excluding diaryl/α,β-unsaturated/α-hetero) is 1. The summed E-state index contributed by atoms with van der Waals surface area (Å²) in [6, 6.07) is 7.72. The van der Waals surface area contributed by atoms with E-state index in [0.717, 1.165) is 48.9 Å². The monoisotopic (exact) mass is 341 g/mol. The van der Waals surface area contributed by atoms with Gasteiger partial charge in [-0.2, -0.15) is 0 Å². The molecule has 2 heterocycles. The molecule has 1 atom stereocenters. The Morgan fingerprint density at radius 1 is 1.16 bits per heavy atom. The quantitative estimate of drug-likeness (QED) is 0.850. The predicted molar refractivity (Wildman–Crippen MR) is 99.8 cm³/mol. The number of nitrogens with one attached hydrogen (secondary N) is 1. The van der Waals surface area contributed by atoms with Crippen molar-refractivity contribution in [2.45, 2.75) is 39.2 Å². The van der Waals surface area contributed by atoms with Crippen molar-refractivity contribution in [3.8, 4) is 0 Å². The number of hydrogen-bond acceptors (Lipinski definition) is 3. The van der Waals surface area contributed by atoms with Crippen LogP contribution >= 0.6 is 0 Å². The molecule has 1 fully saturated rings. The third-order valence-corrected chi connectivity index (χ3v) is 5.13. The predicted octanol–water partition coefficient (Wildman–Crippen LogP) is 3.07. The summed E-state index contributed by atoms with van der Waals surface area (Å²) in [6.45, 7) is 7.13. The van der Waals surface area contributed by atoms with Crippen molar-refractivity contribution in [1.29, 1.82) is 0 Å². The van der Waals surface area contributed by atoms with Crippen molar-refractivity contribution in [3.05, 3.63) is 36.0 Å². The summed E-state index contributed by atoms with van der Waals surface area (Å²) in [5, 5.41) is 0.980. The molecule has 0 aliphatic carbocycles. The SMILES string of the molecule is CCCC(=O)N1CCCN([C@H](C)C(=O)c2c[nH]c3ccccc23)CC1. The number of amides is 1. The van der Waals surface area contributed by atoms with Crippen LogP contribution < -0.4 is 0 Å². The highest BCUT2D eigenvalue weighted by Crippen LogP contribution is 2.21. The fourth-order valence-electron chi connectivity index (χ4n) is 3.61. The van der Waals surface area contributed by atoms with Gasteiger partial charge in [0.2, 0.25) is 5.91 Å². The number of fused-ring (bicyclic) bond motifs is 1. The molecule has 0 radical (unpaired) electrons. The van der Waals surface area contributed by atoms with Crippen LogP contribution in [0.25, 0.3) is 10.9 Å². The van der Waals surface area contributed by atoms with Crippen LogP contribution in [0.1, 0.15) is 43.5 Å². The molecule has 1 aromatic carbocycles. The molecule has 3 rings (SSSR count). The summed E-state index contributed by atoms with van der Waals surface area (Å²) in [7, 11) is 0.